The zero-order chi connectivity index (χ0) is 43.6. The van der Waals surface area contributed by atoms with E-state index in [-0.39, 0.29) is 18.8 Å². The van der Waals surface area contributed by atoms with Crippen LogP contribution in [0.3, 0.4) is 0 Å². The van der Waals surface area contributed by atoms with Crippen molar-refractivity contribution in [2.24, 2.45) is 0 Å². The van der Waals surface area contributed by atoms with Gasteiger partial charge in [0, 0.05) is 90.1 Å². The molecule has 7 N–H and O–H groups in total. The zero-order valence-corrected chi connectivity index (χ0v) is 37.0. The summed E-state index contributed by atoms with van der Waals surface area (Å²) in [5, 5.41) is 26.2. The first-order chi connectivity index (χ1) is 31.4. The Balaban J connectivity index is 0.851. The third-order valence-electron chi connectivity index (χ3n) is 14.3. The van der Waals surface area contributed by atoms with Crippen molar-refractivity contribution in [1.29, 1.82) is 0 Å². The Labute approximate surface area is 376 Å². The van der Waals surface area contributed by atoms with Gasteiger partial charge in [0.05, 0.1) is 37.7 Å². The van der Waals surface area contributed by atoms with Crippen LogP contribution in [-0.4, -0.2) is 80.3 Å². The third kappa shape index (κ3) is 8.96. The number of hydrogen-bond acceptors (Lipinski definition) is 11. The highest BCUT2D eigenvalue weighted by Gasteiger charge is 2.31. The molecule has 10 rings (SSSR count). The first-order valence-electron chi connectivity index (χ1n) is 23.5. The smallest absolute Gasteiger partial charge is 0.131 e. The topological polar surface area (TPSA) is 176 Å². The normalized spacial score (nSPS) is 22.3. The van der Waals surface area contributed by atoms with Gasteiger partial charge in [-0.2, -0.15) is 10.2 Å². The Hall–Kier alpha value is -5.44. The summed E-state index contributed by atoms with van der Waals surface area (Å²) >= 11 is 0. The van der Waals surface area contributed by atoms with E-state index in [1.54, 1.807) is 10.9 Å². The van der Waals surface area contributed by atoms with Crippen molar-refractivity contribution in [2.75, 3.05) is 51.0 Å². The summed E-state index contributed by atoms with van der Waals surface area (Å²) in [6, 6.07) is 19.0. The summed E-state index contributed by atoms with van der Waals surface area (Å²) in [6.07, 6.45) is 21.2. The van der Waals surface area contributed by atoms with E-state index in [2.05, 4.69) is 87.0 Å². The number of anilines is 2. The van der Waals surface area contributed by atoms with Crippen molar-refractivity contribution in [1.82, 2.24) is 40.2 Å². The van der Waals surface area contributed by atoms with E-state index in [4.69, 9.17) is 31.0 Å². The summed E-state index contributed by atoms with van der Waals surface area (Å²) < 4.78 is 16.0. The minimum Gasteiger partial charge on any atom is -0.394 e. The van der Waals surface area contributed by atoms with Gasteiger partial charge in [0.15, 0.2) is 0 Å². The highest BCUT2D eigenvalue weighted by Crippen LogP contribution is 2.42. The molecular formula is C51H62N10O3. The highest BCUT2D eigenvalue weighted by atomic mass is 16.5. The molecule has 64 heavy (non-hydrogen) atoms. The summed E-state index contributed by atoms with van der Waals surface area (Å²) in [6.45, 7) is 7.16. The van der Waals surface area contributed by atoms with Gasteiger partial charge in [0.2, 0.25) is 0 Å². The fourth-order valence-electron chi connectivity index (χ4n) is 10.8. The molecule has 6 aromatic rings. The Morgan fingerprint density at radius 1 is 0.672 bits per heavy atom. The first kappa shape index (κ1) is 42.5. The fraction of sp³-hybridized carbons (Fsp3) is 0.451. The SMILES string of the molecule is CC(CC1CC(c2ccc(-c3cnc(N)c(-c4cnn(CCO)c4)c3)cc2[C@@H]2CCCN2)CCO1)n1cc(-c2cc(-c3ccc(C4CCOCC4)c([C@@H]4CCCN4)c3)cnc2N)cn1. The maximum absolute atomic E-state index is 9.39. The van der Waals surface area contributed by atoms with Crippen molar-refractivity contribution < 1.29 is 14.6 Å². The van der Waals surface area contributed by atoms with E-state index >= 15 is 0 Å². The monoisotopic (exact) mass is 863 g/mol. The van der Waals surface area contributed by atoms with Gasteiger partial charge in [0.25, 0.3) is 0 Å². The van der Waals surface area contributed by atoms with Crippen molar-refractivity contribution in [2.45, 2.75) is 107 Å². The first-order valence-corrected chi connectivity index (χ1v) is 23.5. The molecule has 4 saturated heterocycles. The summed E-state index contributed by atoms with van der Waals surface area (Å²) in [7, 11) is 0. The number of aliphatic hydroxyl groups excluding tert-OH is 1. The van der Waals surface area contributed by atoms with Crippen LogP contribution in [0.4, 0.5) is 11.6 Å². The predicted octanol–water partition coefficient (Wildman–Crippen LogP) is 8.35. The number of nitrogen functional groups attached to an aromatic ring is 2. The molecule has 0 spiro atoms. The molecule has 4 aliphatic heterocycles. The van der Waals surface area contributed by atoms with Gasteiger partial charge >= 0.3 is 0 Å². The molecule has 4 aromatic heterocycles. The Bertz CT molecular complexity index is 2550. The lowest BCUT2D eigenvalue weighted by Crippen LogP contribution is -2.28. The van der Waals surface area contributed by atoms with E-state index in [1.165, 1.54) is 28.7 Å². The number of nitrogens with two attached hydrogens (primary N) is 2. The van der Waals surface area contributed by atoms with Crippen LogP contribution in [0.5, 0.6) is 0 Å². The number of ether oxygens (including phenoxy) is 2. The number of aliphatic hydroxyl groups is 1. The van der Waals surface area contributed by atoms with Crippen LogP contribution in [0.2, 0.25) is 0 Å². The average Bonchev–Trinajstić information content (AvgIpc) is 4.19. The number of aromatic nitrogens is 6. The van der Waals surface area contributed by atoms with Gasteiger partial charge in [0.1, 0.15) is 11.6 Å². The van der Waals surface area contributed by atoms with Crippen LogP contribution in [-0.2, 0) is 16.0 Å². The van der Waals surface area contributed by atoms with Gasteiger partial charge in [-0.25, -0.2) is 9.97 Å². The second kappa shape index (κ2) is 19.0. The van der Waals surface area contributed by atoms with E-state index in [0.717, 1.165) is 129 Å². The fourth-order valence-corrected chi connectivity index (χ4v) is 10.8. The van der Waals surface area contributed by atoms with Crippen LogP contribution in [0.15, 0.2) is 85.7 Å². The lowest BCUT2D eigenvalue weighted by molar-refractivity contribution is -0.00590. The Morgan fingerprint density at radius 3 is 1.88 bits per heavy atom. The van der Waals surface area contributed by atoms with Crippen LogP contribution in [0.1, 0.15) is 117 Å². The van der Waals surface area contributed by atoms with E-state index in [9.17, 15) is 5.11 Å². The molecule has 0 aliphatic carbocycles. The van der Waals surface area contributed by atoms with Gasteiger partial charge in [-0.05, 0) is 147 Å². The zero-order valence-electron chi connectivity index (χ0n) is 37.0. The second-order valence-corrected chi connectivity index (χ2v) is 18.4. The minimum absolute atomic E-state index is 0.0225. The summed E-state index contributed by atoms with van der Waals surface area (Å²) in [5.74, 6) is 1.88. The molecule has 0 saturated carbocycles. The average molecular weight is 863 g/mol. The van der Waals surface area contributed by atoms with Crippen LogP contribution < -0.4 is 22.1 Å². The maximum atomic E-state index is 9.39. The minimum atomic E-state index is 0.0225. The molecule has 334 valence electrons. The molecule has 0 bridgehead atoms. The van der Waals surface area contributed by atoms with Crippen molar-refractivity contribution in [3.63, 3.8) is 0 Å². The number of nitrogens with zero attached hydrogens (tertiary/aromatic N) is 6. The Kier molecular flexibility index (Phi) is 12.6. The van der Waals surface area contributed by atoms with Crippen molar-refractivity contribution >= 4 is 11.6 Å². The standard InChI is InChI=1S/C51H62N10O3/c1-32(61-31-40(29-59-61)45-25-38(27-57-51(45)53)34-6-8-42(33-10-17-63-18-11-33)46(22-34)48-4-2-13-54-48)20-41-21-36(12-19-64-41)43-9-7-35(23-47(43)49-5-3-14-55-49)37-24-44(50(52)56-26-37)39-28-58-60(30-39)15-16-62/h6-9,22-33,36,41,48-49,54-55,62H,2-5,10-21H2,1H3,(H2,52,56)(H2,53,57)/t32?,36?,41?,48-,49-/m0/s1. The molecule has 0 amide bonds. The van der Waals surface area contributed by atoms with Gasteiger partial charge in [-0.15, -0.1) is 0 Å². The predicted molar refractivity (Wildman–Crippen MR) is 251 cm³/mol. The number of rotatable bonds is 13. The largest absolute Gasteiger partial charge is 0.394 e. The summed E-state index contributed by atoms with van der Waals surface area (Å²) in [5.41, 5.74) is 26.6. The molecule has 8 heterocycles. The number of benzene rings is 2. The number of nitrogens with one attached hydrogen (secondary N) is 2. The molecule has 13 heteroatoms. The molecule has 5 atom stereocenters. The molecule has 3 unspecified atom stereocenters. The van der Waals surface area contributed by atoms with Gasteiger partial charge in [-0.1, -0.05) is 24.3 Å². The molecule has 13 nitrogen and oxygen atoms in total. The highest BCUT2D eigenvalue weighted by molar-refractivity contribution is 5.80. The third-order valence-corrected chi connectivity index (χ3v) is 14.3. The lowest BCUT2D eigenvalue weighted by Gasteiger charge is -2.33. The van der Waals surface area contributed by atoms with Crippen molar-refractivity contribution in [3.8, 4) is 44.5 Å². The maximum Gasteiger partial charge on any atom is 0.131 e. The van der Waals surface area contributed by atoms with E-state index < -0.39 is 0 Å². The summed E-state index contributed by atoms with van der Waals surface area (Å²) in [4.78, 5) is 9.30. The molecule has 4 aliphatic rings. The molecule has 4 fully saturated rings. The molecular weight excluding hydrogens is 801 g/mol. The van der Waals surface area contributed by atoms with E-state index in [0.29, 0.717) is 42.1 Å². The number of pyridine rings is 2. The second-order valence-electron chi connectivity index (χ2n) is 18.4. The number of hydrogen-bond donors (Lipinski definition) is 5. The van der Waals surface area contributed by atoms with Gasteiger partial charge < -0.3 is 36.7 Å². The molecule has 2 aromatic carbocycles. The molecule has 0 radical (unpaired) electrons. The van der Waals surface area contributed by atoms with Crippen LogP contribution in [0, 0.1) is 0 Å². The van der Waals surface area contributed by atoms with Gasteiger partial charge in [-0.3, -0.25) is 9.36 Å². The van der Waals surface area contributed by atoms with Crippen molar-refractivity contribution in [3.05, 3.63) is 108 Å². The Morgan fingerprint density at radius 2 is 1.27 bits per heavy atom. The van der Waals surface area contributed by atoms with Crippen LogP contribution in [0.25, 0.3) is 44.5 Å². The quantitative estimate of drug-likeness (QED) is 0.0755. The van der Waals surface area contributed by atoms with E-state index in [1.807, 2.05) is 24.8 Å². The van der Waals surface area contributed by atoms with Crippen LogP contribution >= 0.6 is 0 Å². The lowest BCUT2D eigenvalue weighted by atomic mass is 9.81.